The summed E-state index contributed by atoms with van der Waals surface area (Å²) in [6, 6.07) is 4.65. The third-order valence-electron chi connectivity index (χ3n) is 5.85. The van der Waals surface area contributed by atoms with Crippen molar-refractivity contribution in [3.05, 3.63) is 30.1 Å². The monoisotopic (exact) mass is 426 g/mol. The van der Waals surface area contributed by atoms with E-state index in [9.17, 15) is 22.4 Å². The minimum absolute atomic E-state index is 0.00160. The second-order valence-corrected chi connectivity index (χ2v) is 9.72. The van der Waals surface area contributed by atoms with Gasteiger partial charge in [0.1, 0.15) is 11.4 Å². The number of methoxy groups -OCH3 is 1. The van der Waals surface area contributed by atoms with Crippen LogP contribution in [0.15, 0.2) is 29.2 Å². The number of sulfonamides is 1. The maximum atomic E-state index is 13.1. The van der Waals surface area contributed by atoms with Gasteiger partial charge in [-0.3, -0.25) is 4.79 Å². The predicted molar refractivity (Wildman–Crippen MR) is 104 cm³/mol. The smallest absolute Gasteiger partial charge is 0.331 e. The van der Waals surface area contributed by atoms with E-state index < -0.39 is 33.3 Å². The summed E-state index contributed by atoms with van der Waals surface area (Å²) < 4.78 is 45.1. The molecule has 1 saturated heterocycles. The number of amides is 1. The molecule has 0 bridgehead atoms. The fourth-order valence-electron chi connectivity index (χ4n) is 4.20. The Morgan fingerprint density at radius 2 is 1.79 bits per heavy atom. The molecule has 160 valence electrons. The van der Waals surface area contributed by atoms with E-state index in [-0.39, 0.29) is 17.3 Å². The van der Waals surface area contributed by atoms with E-state index in [2.05, 4.69) is 5.32 Å². The number of hydrogen-bond acceptors (Lipinski definition) is 5. The molecule has 0 aromatic heterocycles. The minimum atomic E-state index is -3.82. The van der Waals surface area contributed by atoms with Crippen LogP contribution in [0.3, 0.4) is 0 Å². The number of piperidine rings is 1. The number of hydrogen-bond donors (Lipinski definition) is 1. The van der Waals surface area contributed by atoms with E-state index in [1.165, 1.54) is 23.5 Å². The molecule has 1 N–H and O–H groups in total. The Morgan fingerprint density at radius 3 is 2.41 bits per heavy atom. The first kappa shape index (κ1) is 21.7. The van der Waals surface area contributed by atoms with Gasteiger partial charge in [0.2, 0.25) is 15.9 Å². The second kappa shape index (κ2) is 8.79. The van der Waals surface area contributed by atoms with Crippen LogP contribution in [-0.2, 0) is 24.3 Å². The van der Waals surface area contributed by atoms with Gasteiger partial charge in [-0.25, -0.2) is 17.6 Å². The Morgan fingerprint density at radius 1 is 1.14 bits per heavy atom. The van der Waals surface area contributed by atoms with Crippen LogP contribution < -0.4 is 5.32 Å². The van der Waals surface area contributed by atoms with E-state index in [1.807, 2.05) is 0 Å². The summed E-state index contributed by atoms with van der Waals surface area (Å²) in [6.07, 6.45) is 4.77. The number of nitrogens with one attached hydrogen (secondary N) is 1. The number of ether oxygens (including phenoxy) is 1. The number of carbonyl (C=O) groups excluding carboxylic acids is 2. The highest BCUT2D eigenvalue weighted by atomic mass is 32.2. The maximum Gasteiger partial charge on any atom is 0.331 e. The summed E-state index contributed by atoms with van der Waals surface area (Å²) >= 11 is 0. The molecule has 29 heavy (non-hydrogen) atoms. The molecule has 0 radical (unpaired) electrons. The molecule has 1 atom stereocenters. The molecule has 0 spiro atoms. The lowest BCUT2D eigenvalue weighted by atomic mass is 9.81. The van der Waals surface area contributed by atoms with E-state index in [0.29, 0.717) is 32.2 Å². The Bertz CT molecular complexity index is 850. The molecule has 1 aliphatic carbocycles. The van der Waals surface area contributed by atoms with Crippen molar-refractivity contribution >= 4 is 21.9 Å². The van der Waals surface area contributed by atoms with Gasteiger partial charge in [0.05, 0.1) is 17.9 Å². The van der Waals surface area contributed by atoms with Crippen LogP contribution in [0, 0.1) is 11.7 Å². The van der Waals surface area contributed by atoms with Crippen LogP contribution in [0.25, 0.3) is 0 Å². The molecule has 2 fully saturated rings. The Labute approximate surface area is 170 Å². The lowest BCUT2D eigenvalue weighted by Crippen LogP contribution is -2.58. The molecule has 0 unspecified atom stereocenters. The molecule has 3 rings (SSSR count). The largest absolute Gasteiger partial charge is 0.467 e. The number of esters is 1. The zero-order valence-electron chi connectivity index (χ0n) is 16.5. The summed E-state index contributed by atoms with van der Waals surface area (Å²) in [4.78, 5) is 25.3. The molecule has 1 heterocycles. The quantitative estimate of drug-likeness (QED) is 0.729. The fourth-order valence-corrected chi connectivity index (χ4v) is 5.72. The van der Waals surface area contributed by atoms with Gasteiger partial charge in [-0.15, -0.1) is 0 Å². The van der Waals surface area contributed by atoms with Crippen LogP contribution >= 0.6 is 0 Å². The molecular formula is C20H27FN2O5S. The first-order chi connectivity index (χ1) is 13.8. The van der Waals surface area contributed by atoms with Crippen LogP contribution in [0.1, 0.15) is 44.9 Å². The van der Waals surface area contributed by atoms with Crippen LogP contribution in [0.5, 0.6) is 0 Å². The van der Waals surface area contributed by atoms with Gasteiger partial charge in [0.25, 0.3) is 0 Å². The summed E-state index contributed by atoms with van der Waals surface area (Å²) in [5.41, 5.74) is -1.03. The average molecular weight is 427 g/mol. The summed E-state index contributed by atoms with van der Waals surface area (Å²) in [7, 11) is -2.51. The van der Waals surface area contributed by atoms with Gasteiger partial charge in [0, 0.05) is 13.1 Å². The molecule has 1 aliphatic heterocycles. The van der Waals surface area contributed by atoms with Gasteiger partial charge < -0.3 is 10.1 Å². The van der Waals surface area contributed by atoms with Crippen molar-refractivity contribution < 1.29 is 27.1 Å². The van der Waals surface area contributed by atoms with Gasteiger partial charge in [-0.1, -0.05) is 19.3 Å². The third kappa shape index (κ3) is 4.61. The predicted octanol–water partition coefficient (Wildman–Crippen LogP) is 2.22. The van der Waals surface area contributed by atoms with Gasteiger partial charge in [0.15, 0.2) is 0 Å². The molecule has 1 aromatic carbocycles. The van der Waals surface area contributed by atoms with Crippen molar-refractivity contribution in [2.75, 3.05) is 20.2 Å². The first-order valence-corrected chi connectivity index (χ1v) is 11.4. The van der Waals surface area contributed by atoms with Crippen molar-refractivity contribution in [2.24, 2.45) is 5.92 Å². The van der Waals surface area contributed by atoms with Crippen molar-refractivity contribution in [1.29, 1.82) is 0 Å². The van der Waals surface area contributed by atoms with Gasteiger partial charge >= 0.3 is 5.97 Å². The van der Waals surface area contributed by atoms with Crippen molar-refractivity contribution in [2.45, 2.75) is 55.4 Å². The normalized spacial score (nSPS) is 22.6. The lowest BCUT2D eigenvalue weighted by molar-refractivity contribution is -0.153. The third-order valence-corrected chi connectivity index (χ3v) is 7.73. The van der Waals surface area contributed by atoms with Crippen molar-refractivity contribution in [3.63, 3.8) is 0 Å². The Hall–Kier alpha value is -2.00. The summed E-state index contributed by atoms with van der Waals surface area (Å²) in [5, 5.41) is 2.89. The van der Waals surface area contributed by atoms with Gasteiger partial charge in [-0.05, 0) is 49.9 Å². The van der Waals surface area contributed by atoms with E-state index >= 15 is 0 Å². The van der Waals surface area contributed by atoms with Crippen molar-refractivity contribution in [1.82, 2.24) is 9.62 Å². The standard InChI is InChI=1S/C20H27FN2O5S/c1-28-19(25)20(11-3-2-4-12-20)22-18(24)15-6-5-13-23(14-15)29(26,27)17-9-7-16(21)8-10-17/h7-10,15H,2-6,11-14H2,1H3,(H,22,24)/t15-/m1/s1. The zero-order valence-corrected chi connectivity index (χ0v) is 17.3. The molecular weight excluding hydrogens is 399 g/mol. The van der Waals surface area contributed by atoms with E-state index in [1.54, 1.807) is 0 Å². The molecule has 7 nitrogen and oxygen atoms in total. The average Bonchev–Trinajstić information content (AvgIpc) is 2.74. The number of benzene rings is 1. The van der Waals surface area contributed by atoms with Crippen LogP contribution in [0.2, 0.25) is 0 Å². The molecule has 1 amide bonds. The second-order valence-electron chi connectivity index (χ2n) is 7.78. The topological polar surface area (TPSA) is 92.8 Å². The number of nitrogens with zero attached hydrogens (tertiary/aromatic N) is 1. The summed E-state index contributed by atoms with van der Waals surface area (Å²) in [6.45, 7) is 0.328. The maximum absolute atomic E-state index is 13.1. The number of rotatable bonds is 5. The fraction of sp³-hybridized carbons (Fsp3) is 0.600. The van der Waals surface area contributed by atoms with Crippen LogP contribution in [0.4, 0.5) is 4.39 Å². The molecule has 1 saturated carbocycles. The van der Waals surface area contributed by atoms with E-state index in [0.717, 1.165) is 31.4 Å². The number of carbonyl (C=O) groups is 2. The highest BCUT2D eigenvalue weighted by molar-refractivity contribution is 7.89. The zero-order chi connectivity index (χ0) is 21.1. The van der Waals surface area contributed by atoms with Crippen LogP contribution in [-0.4, -0.2) is 50.3 Å². The number of halogens is 1. The lowest BCUT2D eigenvalue weighted by Gasteiger charge is -2.38. The first-order valence-electron chi connectivity index (χ1n) is 9.95. The van der Waals surface area contributed by atoms with Crippen molar-refractivity contribution in [3.8, 4) is 0 Å². The Kier molecular flexibility index (Phi) is 6.58. The molecule has 9 heteroatoms. The highest BCUT2D eigenvalue weighted by Gasteiger charge is 2.44. The molecule has 2 aliphatic rings. The molecule has 1 aromatic rings. The SMILES string of the molecule is COC(=O)C1(NC(=O)[C@@H]2CCCN(S(=O)(=O)c3ccc(F)cc3)C2)CCCCC1. The minimum Gasteiger partial charge on any atom is -0.467 e. The Balaban J connectivity index is 1.73. The highest BCUT2D eigenvalue weighted by Crippen LogP contribution is 2.31. The summed E-state index contributed by atoms with van der Waals surface area (Å²) in [5.74, 6) is -1.84. The van der Waals surface area contributed by atoms with E-state index in [4.69, 9.17) is 4.74 Å². The van der Waals surface area contributed by atoms with Gasteiger partial charge in [-0.2, -0.15) is 4.31 Å².